The second kappa shape index (κ2) is 5.04. The van der Waals surface area contributed by atoms with E-state index in [2.05, 4.69) is 0 Å². The van der Waals surface area contributed by atoms with Gasteiger partial charge in [-0.1, -0.05) is 6.07 Å². The van der Waals surface area contributed by atoms with Crippen molar-refractivity contribution in [1.29, 1.82) is 0 Å². The van der Waals surface area contributed by atoms with Crippen LogP contribution >= 0.6 is 0 Å². The number of halogens is 1. The Hall–Kier alpha value is -2.23. The summed E-state index contributed by atoms with van der Waals surface area (Å²) in [7, 11) is 0. The lowest BCUT2D eigenvalue weighted by molar-refractivity contribution is 0.148. The monoisotopic (exact) mass is 273 g/mol. The molecule has 4 heteroatoms. The molecule has 3 nitrogen and oxygen atoms in total. The molecular formula is C16H16FNO2. The molecule has 0 fully saturated rings. The quantitative estimate of drug-likeness (QED) is 0.874. The SMILES string of the molecule is Cc1c(N)cccc1OCC1Cc2cc(F)ccc2O1. The van der Waals surface area contributed by atoms with Crippen LogP contribution < -0.4 is 15.2 Å². The highest BCUT2D eigenvalue weighted by Crippen LogP contribution is 2.30. The lowest BCUT2D eigenvalue weighted by Crippen LogP contribution is -2.22. The first-order valence-electron chi connectivity index (χ1n) is 6.56. The summed E-state index contributed by atoms with van der Waals surface area (Å²) in [5.41, 5.74) is 8.36. The van der Waals surface area contributed by atoms with Crippen LogP contribution in [0.1, 0.15) is 11.1 Å². The predicted octanol–water partition coefficient (Wildman–Crippen LogP) is 3.10. The minimum atomic E-state index is -0.236. The molecule has 0 saturated carbocycles. The molecule has 1 heterocycles. The van der Waals surface area contributed by atoms with E-state index in [0.717, 1.165) is 22.6 Å². The van der Waals surface area contributed by atoms with Gasteiger partial charge in [-0.2, -0.15) is 0 Å². The molecule has 0 amide bonds. The van der Waals surface area contributed by atoms with Crippen LogP contribution in [0.4, 0.5) is 10.1 Å². The number of nitrogen functional groups attached to an aromatic ring is 1. The highest BCUT2D eigenvalue weighted by atomic mass is 19.1. The molecule has 0 aliphatic carbocycles. The van der Waals surface area contributed by atoms with E-state index in [4.69, 9.17) is 15.2 Å². The maximum atomic E-state index is 13.1. The molecule has 0 radical (unpaired) electrons. The van der Waals surface area contributed by atoms with Gasteiger partial charge in [0.2, 0.25) is 0 Å². The van der Waals surface area contributed by atoms with Crippen LogP contribution in [-0.2, 0) is 6.42 Å². The largest absolute Gasteiger partial charge is 0.489 e. The summed E-state index contributed by atoms with van der Waals surface area (Å²) in [5, 5.41) is 0. The lowest BCUT2D eigenvalue weighted by Gasteiger charge is -2.14. The molecule has 0 saturated heterocycles. The Balaban J connectivity index is 1.65. The Kier molecular flexibility index (Phi) is 3.22. The van der Waals surface area contributed by atoms with Gasteiger partial charge in [0.25, 0.3) is 0 Å². The van der Waals surface area contributed by atoms with E-state index in [1.807, 2.05) is 25.1 Å². The molecule has 0 aromatic heterocycles. The molecule has 3 rings (SSSR count). The maximum Gasteiger partial charge on any atom is 0.137 e. The standard InChI is InChI=1S/C16H16FNO2/c1-10-14(18)3-2-4-15(10)19-9-13-8-11-7-12(17)5-6-16(11)20-13/h2-7,13H,8-9,18H2,1H3. The van der Waals surface area contributed by atoms with Gasteiger partial charge in [0, 0.05) is 23.2 Å². The first-order chi connectivity index (χ1) is 9.63. The van der Waals surface area contributed by atoms with E-state index in [1.54, 1.807) is 6.07 Å². The number of hydrogen-bond donors (Lipinski definition) is 1. The Morgan fingerprint density at radius 1 is 1.35 bits per heavy atom. The van der Waals surface area contributed by atoms with E-state index in [-0.39, 0.29) is 11.9 Å². The number of ether oxygens (including phenoxy) is 2. The van der Waals surface area contributed by atoms with Crippen molar-refractivity contribution in [2.75, 3.05) is 12.3 Å². The first kappa shape index (κ1) is 12.8. The zero-order valence-corrected chi connectivity index (χ0v) is 11.2. The molecule has 0 spiro atoms. The van der Waals surface area contributed by atoms with Crippen LogP contribution in [0, 0.1) is 12.7 Å². The second-order valence-electron chi connectivity index (χ2n) is 4.98. The van der Waals surface area contributed by atoms with Crippen LogP contribution in [-0.4, -0.2) is 12.7 Å². The zero-order valence-electron chi connectivity index (χ0n) is 11.2. The summed E-state index contributed by atoms with van der Waals surface area (Å²) >= 11 is 0. The summed E-state index contributed by atoms with van der Waals surface area (Å²) in [6.45, 7) is 2.34. The molecule has 2 aromatic carbocycles. The first-order valence-corrected chi connectivity index (χ1v) is 6.56. The third-order valence-electron chi connectivity index (χ3n) is 3.51. The van der Waals surface area contributed by atoms with Crippen molar-refractivity contribution >= 4 is 5.69 Å². The van der Waals surface area contributed by atoms with Gasteiger partial charge in [0.1, 0.15) is 30.0 Å². The van der Waals surface area contributed by atoms with Gasteiger partial charge < -0.3 is 15.2 Å². The molecule has 20 heavy (non-hydrogen) atoms. The van der Waals surface area contributed by atoms with Crippen molar-refractivity contribution in [3.05, 3.63) is 53.3 Å². The van der Waals surface area contributed by atoms with E-state index in [9.17, 15) is 4.39 Å². The van der Waals surface area contributed by atoms with Crippen LogP contribution in [0.15, 0.2) is 36.4 Å². The van der Waals surface area contributed by atoms with Crippen molar-refractivity contribution < 1.29 is 13.9 Å². The molecule has 1 unspecified atom stereocenters. The molecular weight excluding hydrogens is 257 g/mol. The Morgan fingerprint density at radius 3 is 3.05 bits per heavy atom. The Labute approximate surface area is 117 Å². The fourth-order valence-electron chi connectivity index (χ4n) is 2.35. The predicted molar refractivity (Wildman–Crippen MR) is 75.6 cm³/mol. The van der Waals surface area contributed by atoms with Crippen molar-refractivity contribution in [2.24, 2.45) is 0 Å². The molecule has 104 valence electrons. The molecule has 0 bridgehead atoms. The Bertz CT molecular complexity index is 642. The summed E-state index contributed by atoms with van der Waals surface area (Å²) in [4.78, 5) is 0. The van der Waals surface area contributed by atoms with Crippen LogP contribution in [0.2, 0.25) is 0 Å². The Morgan fingerprint density at radius 2 is 2.20 bits per heavy atom. The average molecular weight is 273 g/mol. The highest BCUT2D eigenvalue weighted by Gasteiger charge is 2.24. The van der Waals surface area contributed by atoms with Crippen LogP contribution in [0.3, 0.4) is 0 Å². The van der Waals surface area contributed by atoms with Gasteiger partial charge in [0.05, 0.1) is 0 Å². The van der Waals surface area contributed by atoms with Crippen LogP contribution in [0.25, 0.3) is 0 Å². The number of nitrogens with two attached hydrogens (primary N) is 1. The van der Waals surface area contributed by atoms with Gasteiger partial charge >= 0.3 is 0 Å². The third-order valence-corrected chi connectivity index (χ3v) is 3.51. The van der Waals surface area contributed by atoms with E-state index in [1.165, 1.54) is 12.1 Å². The van der Waals surface area contributed by atoms with Gasteiger partial charge in [-0.15, -0.1) is 0 Å². The molecule has 1 atom stereocenters. The van der Waals surface area contributed by atoms with Gasteiger partial charge in [0.15, 0.2) is 0 Å². The second-order valence-corrected chi connectivity index (χ2v) is 4.98. The van der Waals surface area contributed by atoms with Crippen molar-refractivity contribution in [1.82, 2.24) is 0 Å². The van der Waals surface area contributed by atoms with E-state index < -0.39 is 0 Å². The minimum Gasteiger partial charge on any atom is -0.489 e. The average Bonchev–Trinajstić information content (AvgIpc) is 2.82. The number of rotatable bonds is 3. The number of benzene rings is 2. The molecule has 2 N–H and O–H groups in total. The van der Waals surface area contributed by atoms with Crippen molar-refractivity contribution in [3.8, 4) is 11.5 Å². The number of hydrogen-bond acceptors (Lipinski definition) is 3. The zero-order chi connectivity index (χ0) is 14.1. The summed E-state index contributed by atoms with van der Waals surface area (Å²) < 4.78 is 24.6. The van der Waals surface area contributed by atoms with E-state index in [0.29, 0.717) is 18.7 Å². The lowest BCUT2D eigenvalue weighted by atomic mass is 10.1. The summed E-state index contributed by atoms with van der Waals surface area (Å²) in [6.07, 6.45) is 0.571. The minimum absolute atomic E-state index is 0.0902. The number of fused-ring (bicyclic) bond motifs is 1. The smallest absolute Gasteiger partial charge is 0.137 e. The molecule has 1 aliphatic heterocycles. The molecule has 2 aromatic rings. The van der Waals surface area contributed by atoms with Gasteiger partial charge in [-0.25, -0.2) is 4.39 Å². The third kappa shape index (κ3) is 2.41. The fourth-order valence-corrected chi connectivity index (χ4v) is 2.35. The van der Waals surface area contributed by atoms with Gasteiger partial charge in [-0.3, -0.25) is 0 Å². The highest BCUT2D eigenvalue weighted by molar-refractivity contribution is 5.53. The van der Waals surface area contributed by atoms with Crippen molar-refractivity contribution in [3.63, 3.8) is 0 Å². The van der Waals surface area contributed by atoms with E-state index >= 15 is 0 Å². The summed E-state index contributed by atoms with van der Waals surface area (Å²) in [5.74, 6) is 1.26. The maximum absolute atomic E-state index is 13.1. The topological polar surface area (TPSA) is 44.5 Å². The number of anilines is 1. The fraction of sp³-hybridized carbons (Fsp3) is 0.250. The van der Waals surface area contributed by atoms with Gasteiger partial charge in [-0.05, 0) is 37.3 Å². The summed E-state index contributed by atoms with van der Waals surface area (Å²) in [6, 6.07) is 10.2. The molecule has 1 aliphatic rings. The van der Waals surface area contributed by atoms with Crippen LogP contribution in [0.5, 0.6) is 11.5 Å². The normalized spacial score (nSPS) is 16.6. The van der Waals surface area contributed by atoms with Crippen molar-refractivity contribution in [2.45, 2.75) is 19.4 Å².